The maximum absolute atomic E-state index is 12.4. The number of hydrogen-bond donors (Lipinski definition) is 7. The van der Waals surface area contributed by atoms with Crippen LogP contribution in [0.15, 0.2) is 48.6 Å². The summed E-state index contributed by atoms with van der Waals surface area (Å²) in [5, 5.41) is 68.0. The summed E-state index contributed by atoms with van der Waals surface area (Å²) in [7, 11) is 0. The van der Waals surface area contributed by atoms with E-state index >= 15 is 0 Å². The Balaban J connectivity index is 1.75. The number of carbonyl (C=O) groups is 3. The standard InChI is InChI=1S/C25H24O12/c26-15-5-1-13(9-17(15)28)3-7-21(31)36-20-12-25(35,24(33)34)11-19(30)23(20)37-22(32)8-4-14-2-6-16(27)18(29)10-14/h1-10,19-20,23,26-30,35H,11-12H2,(H,33,34)/t19-,20-,23-,25+/m0/s1. The van der Waals surface area contributed by atoms with Crippen molar-refractivity contribution >= 4 is 30.1 Å². The van der Waals surface area contributed by atoms with Crippen LogP contribution < -0.4 is 0 Å². The van der Waals surface area contributed by atoms with E-state index in [4.69, 9.17) is 9.47 Å². The molecule has 0 saturated heterocycles. The van der Waals surface area contributed by atoms with Gasteiger partial charge in [-0.1, -0.05) is 12.1 Å². The minimum atomic E-state index is -2.46. The third-order valence-electron chi connectivity index (χ3n) is 5.57. The summed E-state index contributed by atoms with van der Waals surface area (Å²) in [5.74, 6) is -5.29. The number of aliphatic carboxylic acids is 1. The number of ether oxygens (including phenoxy) is 2. The van der Waals surface area contributed by atoms with E-state index in [0.717, 1.165) is 18.2 Å². The highest BCUT2D eigenvalue weighted by molar-refractivity contribution is 5.88. The van der Waals surface area contributed by atoms with E-state index in [9.17, 15) is 50.1 Å². The zero-order chi connectivity index (χ0) is 27.3. The summed E-state index contributed by atoms with van der Waals surface area (Å²) in [6, 6.07) is 7.50. The maximum atomic E-state index is 12.4. The number of esters is 2. The second kappa shape index (κ2) is 11.0. The number of benzene rings is 2. The number of carboxylic acid groups (broad SMARTS) is 1. The van der Waals surface area contributed by atoms with Crippen LogP contribution in [0.25, 0.3) is 12.2 Å². The van der Waals surface area contributed by atoms with Gasteiger partial charge in [0.15, 0.2) is 34.7 Å². The fourth-order valence-corrected chi connectivity index (χ4v) is 3.66. The molecule has 0 aliphatic heterocycles. The summed E-state index contributed by atoms with van der Waals surface area (Å²) >= 11 is 0. The molecule has 12 heteroatoms. The van der Waals surface area contributed by atoms with Crippen LogP contribution in [0.2, 0.25) is 0 Å². The molecule has 0 heterocycles. The smallest absolute Gasteiger partial charge is 0.335 e. The molecule has 2 aromatic rings. The number of phenolic OH excluding ortho intramolecular Hbond substituents is 4. The van der Waals surface area contributed by atoms with Gasteiger partial charge in [-0.05, 0) is 47.5 Å². The van der Waals surface area contributed by atoms with Gasteiger partial charge in [-0.3, -0.25) is 0 Å². The lowest BCUT2D eigenvalue weighted by Crippen LogP contribution is -2.58. The van der Waals surface area contributed by atoms with Crippen LogP contribution >= 0.6 is 0 Å². The molecule has 0 bridgehead atoms. The van der Waals surface area contributed by atoms with E-state index in [1.54, 1.807) is 0 Å². The van der Waals surface area contributed by atoms with Crippen molar-refractivity contribution in [1.82, 2.24) is 0 Å². The highest BCUT2D eigenvalue weighted by atomic mass is 16.6. The first kappa shape index (κ1) is 27.0. The molecule has 0 aromatic heterocycles. The Hall–Kier alpha value is -4.55. The molecule has 1 aliphatic carbocycles. The normalized spacial score (nSPS) is 23.7. The molecule has 12 nitrogen and oxygen atoms in total. The fourth-order valence-electron chi connectivity index (χ4n) is 3.66. The van der Waals surface area contributed by atoms with Gasteiger partial charge in [0.05, 0.1) is 6.10 Å². The van der Waals surface area contributed by atoms with E-state index < -0.39 is 66.2 Å². The van der Waals surface area contributed by atoms with Crippen molar-refractivity contribution in [2.75, 3.05) is 0 Å². The van der Waals surface area contributed by atoms with E-state index in [2.05, 4.69) is 0 Å². The number of carboxylic acids is 1. The Morgan fingerprint density at radius 1 is 0.784 bits per heavy atom. The molecule has 0 amide bonds. The molecular formula is C25H24O12. The molecule has 1 fully saturated rings. The lowest BCUT2D eigenvalue weighted by molar-refractivity contribution is -0.204. The van der Waals surface area contributed by atoms with Crippen molar-refractivity contribution in [2.24, 2.45) is 0 Å². The van der Waals surface area contributed by atoms with Gasteiger partial charge in [-0.2, -0.15) is 0 Å². The van der Waals surface area contributed by atoms with Crippen LogP contribution in [-0.2, 0) is 23.9 Å². The number of aliphatic hydroxyl groups is 2. The van der Waals surface area contributed by atoms with Crippen molar-refractivity contribution in [3.63, 3.8) is 0 Å². The first-order chi connectivity index (χ1) is 17.4. The third kappa shape index (κ3) is 6.78. The summed E-state index contributed by atoms with van der Waals surface area (Å²) in [5.41, 5.74) is -1.82. The number of aliphatic hydroxyl groups excluding tert-OH is 1. The maximum Gasteiger partial charge on any atom is 0.335 e. The largest absolute Gasteiger partial charge is 0.504 e. The summed E-state index contributed by atoms with van der Waals surface area (Å²) < 4.78 is 10.4. The van der Waals surface area contributed by atoms with Crippen LogP contribution in [0.3, 0.4) is 0 Å². The highest BCUT2D eigenvalue weighted by Gasteiger charge is 2.52. The number of aromatic hydroxyl groups is 4. The first-order valence-electron chi connectivity index (χ1n) is 10.8. The molecule has 2 aromatic carbocycles. The van der Waals surface area contributed by atoms with Gasteiger partial charge in [-0.25, -0.2) is 14.4 Å². The van der Waals surface area contributed by atoms with Gasteiger partial charge in [0.2, 0.25) is 0 Å². The summed E-state index contributed by atoms with van der Waals surface area (Å²) in [6.45, 7) is 0. The molecule has 0 radical (unpaired) electrons. The Morgan fingerprint density at radius 3 is 1.73 bits per heavy atom. The minimum absolute atomic E-state index is 0.311. The molecule has 7 N–H and O–H groups in total. The minimum Gasteiger partial charge on any atom is -0.504 e. The van der Waals surface area contributed by atoms with Gasteiger partial charge < -0.3 is 45.2 Å². The SMILES string of the molecule is O=C(C=Cc1ccc(O)c(O)c1)O[C@@H]1[C@@H](OC(=O)C=Cc2ccc(O)c(O)c2)C[C@@](O)(C(=O)O)C[C@@H]1O. The van der Waals surface area contributed by atoms with Crippen LogP contribution in [0.5, 0.6) is 23.0 Å². The topological polar surface area (TPSA) is 211 Å². The molecule has 0 unspecified atom stereocenters. The lowest BCUT2D eigenvalue weighted by atomic mass is 9.79. The van der Waals surface area contributed by atoms with Crippen molar-refractivity contribution < 1.29 is 59.6 Å². The van der Waals surface area contributed by atoms with E-state index in [-0.39, 0.29) is 11.5 Å². The first-order valence-corrected chi connectivity index (χ1v) is 10.8. The Labute approximate surface area is 209 Å². The van der Waals surface area contributed by atoms with E-state index in [0.29, 0.717) is 11.1 Å². The van der Waals surface area contributed by atoms with E-state index in [1.165, 1.54) is 42.5 Å². The van der Waals surface area contributed by atoms with Gasteiger partial charge in [0.25, 0.3) is 0 Å². The number of hydrogen-bond acceptors (Lipinski definition) is 11. The van der Waals surface area contributed by atoms with Crippen molar-refractivity contribution in [2.45, 2.75) is 36.8 Å². The molecule has 3 rings (SSSR count). The predicted octanol–water partition coefficient (Wildman–Crippen LogP) is 1.03. The predicted molar refractivity (Wildman–Crippen MR) is 125 cm³/mol. The monoisotopic (exact) mass is 516 g/mol. The Kier molecular flexibility index (Phi) is 8.05. The van der Waals surface area contributed by atoms with Crippen molar-refractivity contribution in [1.29, 1.82) is 0 Å². The Morgan fingerprint density at radius 2 is 1.27 bits per heavy atom. The average molecular weight is 516 g/mol. The van der Waals surface area contributed by atoms with Crippen LogP contribution in [0, 0.1) is 0 Å². The van der Waals surface area contributed by atoms with Crippen LogP contribution in [-0.4, -0.2) is 77.6 Å². The number of carbonyl (C=O) groups excluding carboxylic acids is 2. The highest BCUT2D eigenvalue weighted by Crippen LogP contribution is 2.33. The van der Waals surface area contributed by atoms with Gasteiger partial charge >= 0.3 is 17.9 Å². The molecule has 196 valence electrons. The molecule has 1 aliphatic rings. The zero-order valence-corrected chi connectivity index (χ0v) is 19.1. The second-order valence-electron chi connectivity index (χ2n) is 8.35. The molecule has 1 saturated carbocycles. The van der Waals surface area contributed by atoms with E-state index in [1.807, 2.05) is 0 Å². The lowest BCUT2D eigenvalue weighted by Gasteiger charge is -2.40. The van der Waals surface area contributed by atoms with Crippen molar-refractivity contribution in [3.05, 3.63) is 59.7 Å². The van der Waals surface area contributed by atoms with Crippen LogP contribution in [0.4, 0.5) is 0 Å². The van der Waals surface area contributed by atoms with Gasteiger partial charge in [0, 0.05) is 25.0 Å². The quantitative estimate of drug-likeness (QED) is 0.156. The number of phenols is 4. The average Bonchev–Trinajstić information content (AvgIpc) is 2.82. The molecule has 37 heavy (non-hydrogen) atoms. The summed E-state index contributed by atoms with van der Waals surface area (Å²) in [6.07, 6.45) is -1.86. The summed E-state index contributed by atoms with van der Waals surface area (Å²) in [4.78, 5) is 36.3. The number of rotatable bonds is 7. The van der Waals surface area contributed by atoms with Crippen molar-refractivity contribution in [3.8, 4) is 23.0 Å². The molecule has 4 atom stereocenters. The third-order valence-corrected chi connectivity index (χ3v) is 5.57. The zero-order valence-electron chi connectivity index (χ0n) is 19.1. The second-order valence-corrected chi connectivity index (χ2v) is 8.35. The van der Waals surface area contributed by atoms with Crippen LogP contribution in [0.1, 0.15) is 24.0 Å². The fraction of sp³-hybridized carbons (Fsp3) is 0.240. The Bertz CT molecular complexity index is 1250. The van der Waals surface area contributed by atoms with Gasteiger partial charge in [0.1, 0.15) is 6.10 Å². The molecule has 0 spiro atoms. The van der Waals surface area contributed by atoms with Gasteiger partial charge in [-0.15, -0.1) is 0 Å². The molecular weight excluding hydrogens is 492 g/mol.